The van der Waals surface area contributed by atoms with Gasteiger partial charge in [0.1, 0.15) is 0 Å². The van der Waals surface area contributed by atoms with E-state index in [2.05, 4.69) is 355 Å². The lowest BCUT2D eigenvalue weighted by Gasteiger charge is -2.45. The number of anilines is 9. The Morgan fingerprint density at radius 3 is 1.36 bits per heavy atom. The van der Waals surface area contributed by atoms with Crippen LogP contribution in [-0.2, 0) is 27.1 Å². The third-order valence-corrected chi connectivity index (χ3v) is 25.6. The molecule has 0 fully saturated rings. The second-order valence-corrected chi connectivity index (χ2v) is 35.9. The lowest BCUT2D eigenvalue weighted by atomic mass is 9.36. The second-order valence-electron chi connectivity index (χ2n) is 31.0. The monoisotopic (exact) mass is 1230 g/mol. The Morgan fingerprint density at radius 2 is 0.848 bits per heavy atom. The van der Waals surface area contributed by atoms with Crippen LogP contribution in [0.2, 0.25) is 0 Å². The van der Waals surface area contributed by atoms with Crippen molar-refractivity contribution in [2.75, 3.05) is 14.7 Å². The van der Waals surface area contributed by atoms with Crippen LogP contribution >= 0.6 is 11.3 Å². The van der Waals surface area contributed by atoms with Crippen molar-refractivity contribution in [1.82, 2.24) is 4.98 Å². The minimum Gasteiger partial charge on any atom is -0.311 e. The molecule has 0 bridgehead atoms. The molecule has 0 amide bonds. The van der Waals surface area contributed by atoms with Crippen LogP contribution < -0.4 is 51.1 Å². The molecule has 92 heavy (non-hydrogen) atoms. The largest absolute Gasteiger partial charge is 0.311 e. The summed E-state index contributed by atoms with van der Waals surface area (Å²) in [5.41, 5.74) is 20.3. The Morgan fingerprint density at radius 1 is 0.380 bits per heavy atom. The molecule has 2 aliphatic heterocycles. The average Bonchev–Trinajstić information content (AvgIpc) is 1.16. The topological polar surface area (TPSA) is 22.6 Å². The molecule has 10 aromatic carbocycles. The van der Waals surface area contributed by atoms with E-state index in [0.717, 1.165) is 39.3 Å². The lowest BCUT2D eigenvalue weighted by Crippen LogP contribution is -2.75. The molecule has 2 aliphatic rings. The number of hydrogen-bond donors (Lipinski definition) is 0. The molecule has 0 atom stereocenters. The van der Waals surface area contributed by atoms with E-state index in [1.165, 1.54) is 97.1 Å². The van der Waals surface area contributed by atoms with Crippen LogP contribution in [0.5, 0.6) is 0 Å². The van der Waals surface area contributed by atoms with E-state index in [9.17, 15) is 0 Å². The molecule has 0 unspecified atom stereocenters. The van der Waals surface area contributed by atoms with Gasteiger partial charge in [0, 0.05) is 71.9 Å². The fourth-order valence-corrected chi connectivity index (χ4v) is 20.5. The Kier molecular flexibility index (Phi) is 14.7. The quantitative estimate of drug-likeness (QED) is 0.106. The van der Waals surface area contributed by atoms with Gasteiger partial charge in [-0.25, -0.2) is 0 Å². The zero-order chi connectivity index (χ0) is 64.4. The van der Waals surface area contributed by atoms with Crippen molar-refractivity contribution >= 4 is 135 Å². The highest BCUT2D eigenvalue weighted by Gasteiger charge is 2.49. The predicted molar refractivity (Wildman–Crippen MR) is 403 cm³/mol. The summed E-state index contributed by atoms with van der Waals surface area (Å²) in [5, 5.41) is 7.65. The number of pyridine rings is 1. The SMILES string of the molecule is CC(C)(C)c1ccc(N(c2ccc(C(C)(C)C)cc2)c2ccc3c(c2)N(c2ccc(C(C)(C)C)cc2)c2cc([Si](c4ccccc4)(c4ccccc4)c4ccc5ncccc5c4)cc4c2B3c2sc3ccc(C(C)(C)C)cc3c2N4c2ccc(C(C)(C)C)cc2)cc1. The van der Waals surface area contributed by atoms with Gasteiger partial charge in [0.25, 0.3) is 6.71 Å². The van der Waals surface area contributed by atoms with Crippen molar-refractivity contribution in [3.05, 3.63) is 271 Å². The Balaban J connectivity index is 1.15. The van der Waals surface area contributed by atoms with Crippen molar-refractivity contribution in [2.45, 2.75) is 131 Å². The smallest absolute Gasteiger partial charge is 0.264 e. The molecule has 0 aliphatic carbocycles. The third kappa shape index (κ3) is 10.5. The third-order valence-electron chi connectivity index (χ3n) is 19.6. The Hall–Kier alpha value is -8.75. The van der Waals surface area contributed by atoms with E-state index in [4.69, 9.17) is 4.98 Å². The summed E-state index contributed by atoms with van der Waals surface area (Å²) in [5.74, 6) is 0. The zero-order valence-electron chi connectivity index (χ0n) is 56.4. The molecule has 0 N–H and O–H groups in total. The van der Waals surface area contributed by atoms with Crippen molar-refractivity contribution in [1.29, 1.82) is 0 Å². The molecule has 0 saturated carbocycles. The Labute approximate surface area is 552 Å². The van der Waals surface area contributed by atoms with Crippen molar-refractivity contribution < 1.29 is 0 Å². The molecule has 0 spiro atoms. The van der Waals surface area contributed by atoms with Crippen LogP contribution in [0.4, 0.5) is 51.2 Å². The number of rotatable bonds is 9. The van der Waals surface area contributed by atoms with Gasteiger partial charge >= 0.3 is 0 Å². The number of thiophene rings is 1. The van der Waals surface area contributed by atoms with Gasteiger partial charge in [-0.15, -0.1) is 11.3 Å². The summed E-state index contributed by atoms with van der Waals surface area (Å²) in [4.78, 5) is 12.8. The first kappa shape index (κ1) is 60.8. The van der Waals surface area contributed by atoms with E-state index >= 15 is 0 Å². The van der Waals surface area contributed by atoms with Gasteiger partial charge in [0.2, 0.25) is 0 Å². The van der Waals surface area contributed by atoms with Crippen LogP contribution in [0, 0.1) is 0 Å². The standard InChI is InChI=1S/C85H85BN4SSi/c1-81(2,3)57-28-37-62(38-29-57)88(63-39-30-58(31-40-63)82(4,5)6)66-45-47-72-74(53-66)89(64-41-32-59(33-42-64)83(7,8)9)75-54-70(92(67-24-18-16-19-25-67,68-26-20-17-21-27-68)69-46-48-73-56(51-69)23-22-50-87-73)55-76-78(75)86(72)80-79(71-52-61(85(13,14)15)36-49-77(71)91-80)90(76)65-43-34-60(35-44-65)84(10,11)12/h16-55H,1-15H3. The summed E-state index contributed by atoms with van der Waals surface area (Å²) in [6.45, 7) is 34.7. The molecular weight excluding hydrogens is 1150 g/mol. The predicted octanol–water partition coefficient (Wildman–Crippen LogP) is 18.9. The molecule has 0 radical (unpaired) electrons. The highest BCUT2D eigenvalue weighted by atomic mass is 32.1. The molecular formula is C85H85BN4SSi. The number of benzene rings is 10. The molecule has 2 aromatic heterocycles. The lowest BCUT2D eigenvalue weighted by molar-refractivity contribution is 0.590. The first-order valence-electron chi connectivity index (χ1n) is 32.9. The van der Waals surface area contributed by atoms with Gasteiger partial charge in [-0.2, -0.15) is 0 Å². The van der Waals surface area contributed by atoms with Gasteiger partial charge in [0.05, 0.1) is 11.2 Å². The summed E-state index contributed by atoms with van der Waals surface area (Å²) in [6.07, 6.45) is 1.91. The number of nitrogens with zero attached hydrogens (tertiary/aromatic N) is 4. The summed E-state index contributed by atoms with van der Waals surface area (Å²) in [6, 6.07) is 92.2. The van der Waals surface area contributed by atoms with Crippen molar-refractivity contribution in [3.8, 4) is 0 Å². The minimum absolute atomic E-state index is 0.00410. The number of aromatic nitrogens is 1. The molecule has 14 rings (SSSR count). The fourth-order valence-electron chi connectivity index (χ4n) is 14.4. The van der Waals surface area contributed by atoms with Crippen LogP contribution in [0.3, 0.4) is 0 Å². The maximum Gasteiger partial charge on any atom is 0.264 e. The fraction of sp³-hybridized carbons (Fsp3) is 0.235. The summed E-state index contributed by atoms with van der Waals surface area (Å²) in [7, 11) is -3.35. The van der Waals surface area contributed by atoms with E-state index in [1.54, 1.807) is 0 Å². The number of hydrogen-bond acceptors (Lipinski definition) is 5. The van der Waals surface area contributed by atoms with Gasteiger partial charge in [-0.3, -0.25) is 4.98 Å². The van der Waals surface area contributed by atoms with Crippen LogP contribution in [-0.4, -0.2) is 19.8 Å². The van der Waals surface area contributed by atoms with E-state index in [-0.39, 0.29) is 33.8 Å². The van der Waals surface area contributed by atoms with Gasteiger partial charge in [-0.05, 0) is 184 Å². The molecule has 458 valence electrons. The first-order valence-corrected chi connectivity index (χ1v) is 35.8. The van der Waals surface area contributed by atoms with Crippen LogP contribution in [0.25, 0.3) is 21.0 Å². The highest BCUT2D eigenvalue weighted by Crippen LogP contribution is 2.50. The van der Waals surface area contributed by atoms with Crippen molar-refractivity contribution in [3.63, 3.8) is 0 Å². The van der Waals surface area contributed by atoms with Crippen LogP contribution in [0.1, 0.15) is 132 Å². The van der Waals surface area contributed by atoms with Crippen molar-refractivity contribution in [2.24, 2.45) is 0 Å². The van der Waals surface area contributed by atoms with E-state index < -0.39 is 8.07 Å². The van der Waals surface area contributed by atoms with Crippen LogP contribution in [0.15, 0.2) is 243 Å². The summed E-state index contributed by atoms with van der Waals surface area (Å²) >= 11 is 1.97. The molecule has 0 saturated heterocycles. The average molecular weight is 1230 g/mol. The van der Waals surface area contributed by atoms with E-state index in [0.29, 0.717) is 0 Å². The van der Waals surface area contributed by atoms with E-state index in [1.807, 2.05) is 17.5 Å². The molecule has 4 nitrogen and oxygen atoms in total. The van der Waals surface area contributed by atoms with Gasteiger partial charge < -0.3 is 14.7 Å². The van der Waals surface area contributed by atoms with Gasteiger partial charge in [0.15, 0.2) is 8.07 Å². The molecule has 4 heterocycles. The Bertz CT molecular complexity index is 4650. The maximum absolute atomic E-state index is 4.92. The molecule has 12 aromatic rings. The zero-order valence-corrected chi connectivity index (χ0v) is 58.2. The minimum atomic E-state index is -3.35. The summed E-state index contributed by atoms with van der Waals surface area (Å²) < 4.78 is 2.64. The highest BCUT2D eigenvalue weighted by molar-refractivity contribution is 7.33. The maximum atomic E-state index is 4.92. The molecule has 7 heteroatoms. The first-order chi connectivity index (χ1) is 43.8. The van der Waals surface area contributed by atoms with Gasteiger partial charge in [-0.1, -0.05) is 243 Å². The number of fused-ring (bicyclic) bond motifs is 7. The normalized spacial score (nSPS) is 13.5. The second kappa shape index (κ2) is 22.2.